The van der Waals surface area contributed by atoms with E-state index < -0.39 is 17.1 Å². The van der Waals surface area contributed by atoms with Crippen LogP contribution < -0.4 is 15.8 Å². The van der Waals surface area contributed by atoms with Crippen LogP contribution in [0.5, 0.6) is 0 Å². The van der Waals surface area contributed by atoms with Crippen molar-refractivity contribution in [1.82, 2.24) is 10.4 Å². The number of ether oxygens (including phenoxy) is 1. The minimum absolute atomic E-state index is 0.265. The fourth-order valence-corrected chi connectivity index (χ4v) is 3.64. The third-order valence-electron chi connectivity index (χ3n) is 4.84. The normalized spacial score (nSPS) is 14.7. The second kappa shape index (κ2) is 8.17. The van der Waals surface area contributed by atoms with Crippen LogP contribution >= 0.6 is 0 Å². The lowest BCUT2D eigenvalue weighted by Gasteiger charge is -2.26. The molecule has 1 aliphatic rings. The molecule has 0 fully saturated rings. The third-order valence-corrected chi connectivity index (χ3v) is 4.84. The molecule has 0 saturated heterocycles. The van der Waals surface area contributed by atoms with Gasteiger partial charge >= 0.3 is 6.09 Å². The summed E-state index contributed by atoms with van der Waals surface area (Å²) in [5.74, 6) is -0.100. The van der Waals surface area contributed by atoms with Gasteiger partial charge in [0.15, 0.2) is 5.82 Å². The van der Waals surface area contributed by atoms with Crippen LogP contribution in [0, 0.1) is 5.82 Å². The molecule has 1 aliphatic heterocycles. The molecule has 2 heterocycles. The average Bonchev–Trinajstić information content (AvgIpc) is 2.91. The van der Waals surface area contributed by atoms with Gasteiger partial charge in [0.25, 0.3) is 0 Å². The van der Waals surface area contributed by atoms with E-state index in [9.17, 15) is 14.0 Å². The number of nitrogens with zero attached hydrogens (tertiary/aromatic N) is 2. The molecule has 8 heteroatoms. The highest BCUT2D eigenvalue weighted by atomic mass is 19.1. The van der Waals surface area contributed by atoms with Crippen molar-refractivity contribution in [2.24, 2.45) is 0 Å². The van der Waals surface area contributed by atoms with Gasteiger partial charge in [-0.15, -0.1) is 0 Å². The fourth-order valence-electron chi connectivity index (χ4n) is 3.64. The molecule has 31 heavy (non-hydrogen) atoms. The fraction of sp³-hybridized carbons (Fsp3) is 0.435. The lowest BCUT2D eigenvalue weighted by molar-refractivity contribution is -0.118. The summed E-state index contributed by atoms with van der Waals surface area (Å²) in [6, 6.07) is 8.04. The quantitative estimate of drug-likeness (QED) is 0.709. The molecule has 0 unspecified atom stereocenters. The van der Waals surface area contributed by atoms with Crippen LogP contribution in [0.15, 0.2) is 30.3 Å². The zero-order valence-electron chi connectivity index (χ0n) is 18.8. The Labute approximate surface area is 182 Å². The first-order valence-electron chi connectivity index (χ1n) is 10.2. The molecule has 0 saturated carbocycles. The first kappa shape index (κ1) is 22.5. The number of pyridine rings is 1. The van der Waals surface area contributed by atoms with E-state index in [0.29, 0.717) is 30.2 Å². The summed E-state index contributed by atoms with van der Waals surface area (Å²) in [6.07, 6.45) is -0.00557. The predicted octanol–water partition coefficient (Wildman–Crippen LogP) is 4.31. The summed E-state index contributed by atoms with van der Waals surface area (Å²) < 4.78 is 18.9. The Kier molecular flexibility index (Phi) is 5.93. The molecule has 7 nitrogen and oxygen atoms in total. The van der Waals surface area contributed by atoms with Crippen LogP contribution in [0.4, 0.5) is 20.7 Å². The number of carbonyl (C=O) groups excluding carboxylic acids is 2. The number of nitrogens with one attached hydrogen (secondary N) is 2. The molecule has 0 spiro atoms. The van der Waals surface area contributed by atoms with Crippen molar-refractivity contribution < 1.29 is 18.7 Å². The number of amides is 2. The van der Waals surface area contributed by atoms with E-state index in [0.717, 1.165) is 11.1 Å². The molecule has 1 aromatic heterocycles. The van der Waals surface area contributed by atoms with Crippen LogP contribution in [0.1, 0.15) is 58.4 Å². The summed E-state index contributed by atoms with van der Waals surface area (Å²) in [7, 11) is 0. The van der Waals surface area contributed by atoms with Crippen LogP contribution in [-0.2, 0) is 21.4 Å². The van der Waals surface area contributed by atoms with E-state index in [-0.39, 0.29) is 11.7 Å². The highest BCUT2D eigenvalue weighted by Gasteiger charge is 2.42. The zero-order chi connectivity index (χ0) is 23.0. The number of hydrogen-bond acceptors (Lipinski definition) is 5. The molecular formula is C23H29FN4O3. The smallest absolute Gasteiger partial charge is 0.414 e. The number of rotatable bonds is 4. The van der Waals surface area contributed by atoms with Gasteiger partial charge in [0.2, 0.25) is 5.91 Å². The maximum atomic E-state index is 13.3. The van der Waals surface area contributed by atoms with Gasteiger partial charge in [-0.2, -0.15) is 0 Å². The molecule has 2 aromatic rings. The van der Waals surface area contributed by atoms with Gasteiger partial charge in [-0.1, -0.05) is 26.0 Å². The van der Waals surface area contributed by atoms with Gasteiger partial charge in [0.1, 0.15) is 11.4 Å². The Morgan fingerprint density at radius 2 is 1.87 bits per heavy atom. The van der Waals surface area contributed by atoms with Gasteiger partial charge in [0, 0.05) is 36.6 Å². The summed E-state index contributed by atoms with van der Waals surface area (Å²) in [5, 5.41) is 0. The number of halogens is 1. The van der Waals surface area contributed by atoms with Gasteiger partial charge in [-0.05, 0) is 44.5 Å². The molecule has 0 radical (unpaired) electrons. The lowest BCUT2D eigenvalue weighted by Crippen LogP contribution is -2.38. The van der Waals surface area contributed by atoms with Crippen LogP contribution in [-0.4, -0.2) is 29.1 Å². The number of carbonyl (C=O) groups is 2. The summed E-state index contributed by atoms with van der Waals surface area (Å²) in [4.78, 5) is 30.7. The zero-order valence-corrected chi connectivity index (χ0v) is 18.8. The Morgan fingerprint density at radius 3 is 2.45 bits per heavy atom. The summed E-state index contributed by atoms with van der Waals surface area (Å²) in [5.41, 5.74) is 7.45. The van der Waals surface area contributed by atoms with Gasteiger partial charge in [-0.3, -0.25) is 20.5 Å². The van der Waals surface area contributed by atoms with Gasteiger partial charge in [-0.25, -0.2) is 14.2 Å². The molecule has 2 N–H and O–H groups in total. The van der Waals surface area contributed by atoms with E-state index in [1.54, 1.807) is 17.0 Å². The second-order valence-corrected chi connectivity index (χ2v) is 9.42. The lowest BCUT2D eigenvalue weighted by atomic mass is 9.87. The SMILES string of the molecule is CC(=O)NNc1nc(Cc2ccc(F)cc2)cc2c1C(C)(C)CN2C(=O)OC(C)(C)C. The highest BCUT2D eigenvalue weighted by Crippen LogP contribution is 2.45. The number of anilines is 2. The summed E-state index contributed by atoms with van der Waals surface area (Å²) >= 11 is 0. The molecule has 166 valence electrons. The van der Waals surface area contributed by atoms with Gasteiger partial charge < -0.3 is 4.74 Å². The monoisotopic (exact) mass is 428 g/mol. The minimum atomic E-state index is -0.634. The maximum Gasteiger partial charge on any atom is 0.414 e. The highest BCUT2D eigenvalue weighted by molar-refractivity contribution is 5.93. The Hall–Kier alpha value is -3.16. The number of aromatic nitrogens is 1. The van der Waals surface area contributed by atoms with Gasteiger partial charge in [0.05, 0.1) is 5.69 Å². The first-order valence-corrected chi connectivity index (χ1v) is 10.2. The Morgan fingerprint density at radius 1 is 1.23 bits per heavy atom. The molecular weight excluding hydrogens is 399 g/mol. The third kappa shape index (κ3) is 5.31. The Bertz CT molecular complexity index is 997. The molecule has 0 atom stereocenters. The molecule has 1 aromatic carbocycles. The van der Waals surface area contributed by atoms with Crippen molar-refractivity contribution in [3.63, 3.8) is 0 Å². The van der Waals surface area contributed by atoms with Crippen LogP contribution in [0.2, 0.25) is 0 Å². The standard InChI is InChI=1S/C23H29FN4O3/c1-14(29)26-27-20-19-18(12-17(25-20)11-15-7-9-16(24)10-8-15)28(13-23(19,5)6)21(30)31-22(2,3)4/h7-10,12H,11,13H2,1-6H3,(H,25,27)(H,26,29). The summed E-state index contributed by atoms with van der Waals surface area (Å²) in [6.45, 7) is 11.3. The second-order valence-electron chi connectivity index (χ2n) is 9.42. The molecule has 3 rings (SSSR count). The van der Waals surface area contributed by atoms with Crippen molar-refractivity contribution in [1.29, 1.82) is 0 Å². The number of benzene rings is 1. The Balaban J connectivity index is 2.06. The molecule has 0 aliphatic carbocycles. The number of fused-ring (bicyclic) bond motifs is 1. The van der Waals surface area contributed by atoms with Crippen molar-refractivity contribution in [3.05, 3.63) is 53.0 Å². The maximum absolute atomic E-state index is 13.3. The van der Waals surface area contributed by atoms with Crippen molar-refractivity contribution in [2.75, 3.05) is 16.9 Å². The van der Waals surface area contributed by atoms with Crippen molar-refractivity contribution in [3.8, 4) is 0 Å². The van der Waals surface area contributed by atoms with E-state index in [1.807, 2.05) is 40.7 Å². The van der Waals surface area contributed by atoms with Crippen molar-refractivity contribution in [2.45, 2.75) is 59.0 Å². The largest absolute Gasteiger partial charge is 0.443 e. The van der Waals surface area contributed by atoms with E-state index in [2.05, 4.69) is 10.9 Å². The van der Waals surface area contributed by atoms with Crippen LogP contribution in [0.3, 0.4) is 0 Å². The van der Waals surface area contributed by atoms with E-state index in [1.165, 1.54) is 19.1 Å². The van der Waals surface area contributed by atoms with Crippen molar-refractivity contribution >= 4 is 23.5 Å². The predicted molar refractivity (Wildman–Crippen MR) is 117 cm³/mol. The van der Waals surface area contributed by atoms with Crippen LogP contribution in [0.25, 0.3) is 0 Å². The average molecular weight is 429 g/mol. The minimum Gasteiger partial charge on any atom is -0.443 e. The number of hydrogen-bond donors (Lipinski definition) is 2. The molecule has 2 amide bonds. The number of hydrazine groups is 1. The first-order chi connectivity index (χ1) is 14.4. The topological polar surface area (TPSA) is 83.6 Å². The van der Waals surface area contributed by atoms with E-state index >= 15 is 0 Å². The molecule has 0 bridgehead atoms. The van der Waals surface area contributed by atoms with E-state index in [4.69, 9.17) is 9.72 Å².